The number of anilines is 1. The number of hydrogen-bond acceptors (Lipinski definition) is 4. The molecule has 108 valence electrons. The first-order valence-electron chi connectivity index (χ1n) is 6.08. The molecule has 7 heteroatoms. The zero-order chi connectivity index (χ0) is 15.6. The van der Waals surface area contributed by atoms with Gasteiger partial charge >= 0.3 is 0 Å². The first kappa shape index (κ1) is 14.9. The van der Waals surface area contributed by atoms with E-state index in [0.717, 1.165) is 0 Å². The molecule has 0 spiro atoms. The van der Waals surface area contributed by atoms with Crippen molar-refractivity contribution in [3.8, 4) is 0 Å². The Bertz CT molecular complexity index is 731. The summed E-state index contributed by atoms with van der Waals surface area (Å²) >= 11 is 5.75. The minimum Gasteiger partial charge on any atom is -0.320 e. The number of hydrogen-bond donors (Lipinski definition) is 1. The monoisotopic (exact) mass is 305 g/mol. The summed E-state index contributed by atoms with van der Waals surface area (Å²) in [7, 11) is 0. The molecule has 6 nitrogen and oxygen atoms in total. The van der Waals surface area contributed by atoms with Gasteiger partial charge in [0, 0.05) is 6.07 Å². The Morgan fingerprint density at radius 3 is 2.62 bits per heavy atom. The molecule has 0 saturated heterocycles. The number of halogens is 1. The van der Waals surface area contributed by atoms with E-state index in [1.165, 1.54) is 12.1 Å². The van der Waals surface area contributed by atoms with Crippen molar-refractivity contribution >= 4 is 28.9 Å². The molecular weight excluding hydrogens is 294 g/mol. The maximum Gasteiger partial charge on any atom is 0.282 e. The second-order valence-electron chi connectivity index (χ2n) is 4.45. The third-order valence-corrected chi connectivity index (χ3v) is 3.19. The van der Waals surface area contributed by atoms with Gasteiger partial charge in [-0.2, -0.15) is 0 Å². The molecule has 1 heterocycles. The highest BCUT2D eigenvalue weighted by atomic mass is 35.5. The normalized spacial score (nSPS) is 10.2. The number of aryl methyl sites for hydroxylation is 2. The van der Waals surface area contributed by atoms with Crippen LogP contribution >= 0.6 is 11.6 Å². The van der Waals surface area contributed by atoms with Gasteiger partial charge in [-0.3, -0.25) is 14.9 Å². The smallest absolute Gasteiger partial charge is 0.282 e. The van der Waals surface area contributed by atoms with Crippen molar-refractivity contribution < 1.29 is 9.72 Å². The maximum absolute atomic E-state index is 12.3. The number of nitrogens with zero attached hydrogens (tertiary/aromatic N) is 2. The van der Waals surface area contributed by atoms with Gasteiger partial charge in [-0.25, -0.2) is 4.98 Å². The zero-order valence-electron chi connectivity index (χ0n) is 11.4. The van der Waals surface area contributed by atoms with Crippen LogP contribution in [0.5, 0.6) is 0 Å². The van der Waals surface area contributed by atoms with Gasteiger partial charge in [0.05, 0.1) is 16.3 Å². The van der Waals surface area contributed by atoms with E-state index in [-0.39, 0.29) is 11.3 Å². The fraction of sp³-hybridized carbons (Fsp3) is 0.143. The van der Waals surface area contributed by atoms with Gasteiger partial charge in [-0.1, -0.05) is 23.7 Å². The third-order valence-electron chi connectivity index (χ3n) is 2.97. The summed E-state index contributed by atoms with van der Waals surface area (Å²) in [5.74, 6) is -0.549. The van der Waals surface area contributed by atoms with Crippen LogP contribution in [0.15, 0.2) is 30.3 Å². The predicted octanol–water partition coefficient (Wildman–Crippen LogP) is 3.51. The second kappa shape index (κ2) is 5.88. The van der Waals surface area contributed by atoms with E-state index in [1.54, 1.807) is 32.0 Å². The topological polar surface area (TPSA) is 85.1 Å². The zero-order valence-corrected chi connectivity index (χ0v) is 12.1. The molecule has 0 fully saturated rings. The molecule has 0 aliphatic heterocycles. The van der Waals surface area contributed by atoms with E-state index in [0.29, 0.717) is 22.1 Å². The largest absolute Gasteiger partial charge is 0.320 e. The molecule has 0 atom stereocenters. The summed E-state index contributed by atoms with van der Waals surface area (Å²) in [6, 6.07) is 7.63. The highest BCUT2D eigenvalue weighted by Gasteiger charge is 2.22. The average molecular weight is 306 g/mol. The molecule has 1 aromatic heterocycles. The molecule has 0 saturated carbocycles. The fourth-order valence-electron chi connectivity index (χ4n) is 1.95. The van der Waals surface area contributed by atoms with Crippen LogP contribution in [0.4, 0.5) is 11.4 Å². The molecule has 2 aromatic rings. The first-order valence-corrected chi connectivity index (χ1v) is 6.46. The molecule has 1 aromatic carbocycles. The summed E-state index contributed by atoms with van der Waals surface area (Å²) in [5, 5.41) is 14.0. The van der Waals surface area contributed by atoms with Crippen LogP contribution in [0.1, 0.15) is 21.6 Å². The van der Waals surface area contributed by atoms with Gasteiger partial charge in [-0.15, -0.1) is 0 Å². The van der Waals surface area contributed by atoms with Crippen molar-refractivity contribution in [1.82, 2.24) is 4.98 Å². The maximum atomic E-state index is 12.3. The number of carbonyl (C=O) groups is 1. The van der Waals surface area contributed by atoms with Gasteiger partial charge in [-0.05, 0) is 31.5 Å². The molecule has 0 aliphatic rings. The van der Waals surface area contributed by atoms with Crippen LogP contribution in [0.3, 0.4) is 0 Å². The van der Waals surface area contributed by atoms with Crippen molar-refractivity contribution in [3.63, 3.8) is 0 Å². The Morgan fingerprint density at radius 1 is 1.29 bits per heavy atom. The van der Waals surface area contributed by atoms with Gasteiger partial charge in [0.15, 0.2) is 0 Å². The van der Waals surface area contributed by atoms with Crippen molar-refractivity contribution in [2.75, 3.05) is 5.32 Å². The van der Waals surface area contributed by atoms with Gasteiger partial charge in [0.25, 0.3) is 11.6 Å². The third kappa shape index (κ3) is 3.17. The number of nitrogens with one attached hydrogen (secondary N) is 1. The number of rotatable bonds is 3. The van der Waals surface area contributed by atoms with Gasteiger partial charge in [0.1, 0.15) is 10.7 Å². The van der Waals surface area contributed by atoms with Crippen LogP contribution in [-0.2, 0) is 0 Å². The highest BCUT2D eigenvalue weighted by molar-refractivity contribution is 6.29. The first-order chi connectivity index (χ1) is 9.90. The number of amides is 1. The summed E-state index contributed by atoms with van der Waals surface area (Å²) in [6.45, 7) is 3.34. The van der Waals surface area contributed by atoms with Crippen molar-refractivity contribution in [2.45, 2.75) is 13.8 Å². The quantitative estimate of drug-likeness (QED) is 0.534. The van der Waals surface area contributed by atoms with Gasteiger partial charge in [0.2, 0.25) is 0 Å². The van der Waals surface area contributed by atoms with Crippen LogP contribution in [0, 0.1) is 24.0 Å². The molecular formula is C14H12ClN3O3. The number of aromatic nitrogens is 1. The van der Waals surface area contributed by atoms with Gasteiger partial charge < -0.3 is 5.32 Å². The standard InChI is InChI=1S/C14H12ClN3O3/c1-8-4-3-5-11(18(20)21)13(8)14(19)17-10-6-7-12(15)16-9(10)2/h3-7H,1-2H3,(H,17,19). The summed E-state index contributed by atoms with van der Waals surface area (Å²) < 4.78 is 0. The number of pyridine rings is 1. The minimum atomic E-state index is -0.575. The Labute approximate surface area is 125 Å². The number of carbonyl (C=O) groups excluding carboxylic acids is 1. The Kier molecular flexibility index (Phi) is 4.18. The van der Waals surface area contributed by atoms with E-state index in [1.807, 2.05) is 0 Å². The van der Waals surface area contributed by atoms with E-state index >= 15 is 0 Å². The van der Waals surface area contributed by atoms with E-state index in [9.17, 15) is 14.9 Å². The Balaban J connectivity index is 2.39. The lowest BCUT2D eigenvalue weighted by Crippen LogP contribution is -2.16. The van der Waals surface area contributed by atoms with Crippen LogP contribution in [0.2, 0.25) is 5.15 Å². The van der Waals surface area contributed by atoms with E-state index in [2.05, 4.69) is 10.3 Å². The summed E-state index contributed by atoms with van der Waals surface area (Å²) in [4.78, 5) is 26.8. The van der Waals surface area contributed by atoms with Crippen molar-refractivity contribution in [1.29, 1.82) is 0 Å². The fourth-order valence-corrected chi connectivity index (χ4v) is 2.14. The Hall–Kier alpha value is -2.47. The van der Waals surface area contributed by atoms with Crippen molar-refractivity contribution in [3.05, 3.63) is 62.4 Å². The Morgan fingerprint density at radius 2 is 2.00 bits per heavy atom. The highest BCUT2D eigenvalue weighted by Crippen LogP contribution is 2.24. The van der Waals surface area contributed by atoms with Crippen LogP contribution in [-0.4, -0.2) is 15.8 Å². The second-order valence-corrected chi connectivity index (χ2v) is 4.83. The summed E-state index contributed by atoms with van der Waals surface area (Å²) in [5.41, 5.74) is 1.33. The average Bonchev–Trinajstić information content (AvgIpc) is 2.41. The van der Waals surface area contributed by atoms with Crippen molar-refractivity contribution in [2.24, 2.45) is 0 Å². The molecule has 21 heavy (non-hydrogen) atoms. The molecule has 0 radical (unpaired) electrons. The number of nitro benzene ring substituents is 1. The predicted molar refractivity (Wildman–Crippen MR) is 79.8 cm³/mol. The van der Waals surface area contributed by atoms with E-state index < -0.39 is 10.8 Å². The summed E-state index contributed by atoms with van der Waals surface area (Å²) in [6.07, 6.45) is 0. The molecule has 0 unspecified atom stereocenters. The SMILES string of the molecule is Cc1cccc([N+](=O)[O-])c1C(=O)Nc1ccc(Cl)nc1C. The lowest BCUT2D eigenvalue weighted by molar-refractivity contribution is -0.385. The lowest BCUT2D eigenvalue weighted by atomic mass is 10.1. The number of nitro groups is 1. The van der Waals surface area contributed by atoms with E-state index in [4.69, 9.17) is 11.6 Å². The van der Waals surface area contributed by atoms with Crippen LogP contribution in [0.25, 0.3) is 0 Å². The molecule has 0 aliphatic carbocycles. The van der Waals surface area contributed by atoms with Crippen LogP contribution < -0.4 is 5.32 Å². The molecule has 0 bridgehead atoms. The molecule has 2 rings (SSSR count). The molecule has 1 amide bonds. The molecule has 1 N–H and O–H groups in total. The number of benzene rings is 1. The lowest BCUT2D eigenvalue weighted by Gasteiger charge is -2.10. The minimum absolute atomic E-state index is 0.0388.